The molecule has 0 aromatic heterocycles. The number of halogens is 1. The van der Waals surface area contributed by atoms with E-state index >= 15 is 0 Å². The van der Waals surface area contributed by atoms with Crippen molar-refractivity contribution in [1.82, 2.24) is 0 Å². The van der Waals surface area contributed by atoms with E-state index in [4.69, 9.17) is 10.5 Å². The van der Waals surface area contributed by atoms with Crippen LogP contribution in [-0.4, -0.2) is 13.2 Å². The number of fused-ring (bicyclic) bond motifs is 1. The van der Waals surface area contributed by atoms with E-state index in [0.717, 1.165) is 23.1 Å². The van der Waals surface area contributed by atoms with Gasteiger partial charge in [0.15, 0.2) is 0 Å². The Hall–Kier alpha value is -2.39. The van der Waals surface area contributed by atoms with E-state index in [1.54, 1.807) is 12.1 Å². The molecule has 0 amide bonds. The maximum absolute atomic E-state index is 13.3. The molecule has 0 fully saturated rings. The SMILES string of the molecule is NCC(CCOc1ccc2ccccc2c1)c1cccc(F)c1. The summed E-state index contributed by atoms with van der Waals surface area (Å²) < 4.78 is 19.2. The van der Waals surface area contributed by atoms with Gasteiger partial charge in [-0.25, -0.2) is 4.39 Å². The van der Waals surface area contributed by atoms with Gasteiger partial charge in [0.2, 0.25) is 0 Å². The Morgan fingerprint density at radius 3 is 2.52 bits per heavy atom. The minimum atomic E-state index is -0.226. The summed E-state index contributed by atoms with van der Waals surface area (Å²) in [5.41, 5.74) is 6.76. The molecule has 1 unspecified atom stereocenters. The minimum absolute atomic E-state index is 0.103. The van der Waals surface area contributed by atoms with Gasteiger partial charge in [-0.15, -0.1) is 0 Å². The van der Waals surface area contributed by atoms with Crippen LogP contribution < -0.4 is 10.5 Å². The van der Waals surface area contributed by atoms with Gasteiger partial charge in [0.05, 0.1) is 6.61 Å². The van der Waals surface area contributed by atoms with Gasteiger partial charge in [-0.3, -0.25) is 0 Å². The van der Waals surface area contributed by atoms with E-state index in [-0.39, 0.29) is 11.7 Å². The molecular formula is C20H20FNO. The van der Waals surface area contributed by atoms with Crippen molar-refractivity contribution in [2.45, 2.75) is 12.3 Å². The van der Waals surface area contributed by atoms with E-state index in [0.29, 0.717) is 13.2 Å². The van der Waals surface area contributed by atoms with Gasteiger partial charge >= 0.3 is 0 Å². The van der Waals surface area contributed by atoms with E-state index in [2.05, 4.69) is 18.2 Å². The molecule has 0 aliphatic rings. The number of hydrogen-bond donors (Lipinski definition) is 1. The van der Waals surface area contributed by atoms with Crippen LogP contribution in [0.5, 0.6) is 5.75 Å². The van der Waals surface area contributed by atoms with E-state index in [1.165, 1.54) is 11.5 Å². The minimum Gasteiger partial charge on any atom is -0.494 e. The van der Waals surface area contributed by atoms with E-state index in [9.17, 15) is 4.39 Å². The normalized spacial score (nSPS) is 12.3. The zero-order chi connectivity index (χ0) is 16.1. The molecule has 0 radical (unpaired) electrons. The second-order valence-electron chi connectivity index (χ2n) is 5.63. The predicted molar refractivity (Wildman–Crippen MR) is 92.3 cm³/mol. The van der Waals surface area contributed by atoms with Crippen molar-refractivity contribution in [3.63, 3.8) is 0 Å². The fourth-order valence-corrected chi connectivity index (χ4v) is 2.76. The first-order valence-corrected chi connectivity index (χ1v) is 7.83. The molecule has 0 saturated heterocycles. The number of benzene rings is 3. The summed E-state index contributed by atoms with van der Waals surface area (Å²) in [7, 11) is 0. The molecule has 3 aromatic carbocycles. The lowest BCUT2D eigenvalue weighted by molar-refractivity contribution is 0.298. The van der Waals surface area contributed by atoms with Gasteiger partial charge in [-0.1, -0.05) is 42.5 Å². The molecular weight excluding hydrogens is 289 g/mol. The molecule has 0 bridgehead atoms. The lowest BCUT2D eigenvalue weighted by Gasteiger charge is -2.16. The van der Waals surface area contributed by atoms with Crippen LogP contribution in [-0.2, 0) is 0 Å². The predicted octanol–water partition coefficient (Wildman–Crippen LogP) is 4.49. The zero-order valence-electron chi connectivity index (χ0n) is 12.9. The van der Waals surface area contributed by atoms with Crippen molar-refractivity contribution in [1.29, 1.82) is 0 Å². The maximum Gasteiger partial charge on any atom is 0.123 e. The summed E-state index contributed by atoms with van der Waals surface area (Å²) in [6, 6.07) is 20.9. The third-order valence-electron chi connectivity index (χ3n) is 4.06. The standard InChI is InChI=1S/C20H20FNO/c21-19-7-3-6-16(12-19)18(14-22)10-11-23-20-9-8-15-4-1-2-5-17(15)13-20/h1-9,12-13,18H,10-11,14,22H2. The first-order chi connectivity index (χ1) is 11.3. The third kappa shape index (κ3) is 3.88. The molecule has 3 aromatic rings. The molecule has 0 saturated carbocycles. The van der Waals surface area contributed by atoms with E-state index < -0.39 is 0 Å². The Labute approximate surface area is 135 Å². The first kappa shape index (κ1) is 15.5. The van der Waals surface area contributed by atoms with Gasteiger partial charge in [0.25, 0.3) is 0 Å². The highest BCUT2D eigenvalue weighted by Crippen LogP contribution is 2.23. The highest BCUT2D eigenvalue weighted by molar-refractivity contribution is 5.83. The third-order valence-corrected chi connectivity index (χ3v) is 4.06. The van der Waals surface area contributed by atoms with E-state index in [1.807, 2.05) is 30.3 Å². The van der Waals surface area contributed by atoms with Crippen LogP contribution in [0.1, 0.15) is 17.9 Å². The van der Waals surface area contributed by atoms with Gasteiger partial charge in [-0.05, 0) is 59.5 Å². The van der Waals surface area contributed by atoms with Crippen molar-refractivity contribution >= 4 is 10.8 Å². The Kier molecular flexibility index (Phi) is 4.89. The molecule has 3 rings (SSSR count). The average molecular weight is 309 g/mol. The number of ether oxygens (including phenoxy) is 1. The van der Waals surface area contributed by atoms with Gasteiger partial charge in [0, 0.05) is 0 Å². The summed E-state index contributed by atoms with van der Waals surface area (Å²) in [5, 5.41) is 2.35. The molecule has 2 nitrogen and oxygen atoms in total. The van der Waals surface area contributed by atoms with Crippen LogP contribution in [0.15, 0.2) is 66.7 Å². The van der Waals surface area contributed by atoms with Crippen LogP contribution in [0.2, 0.25) is 0 Å². The monoisotopic (exact) mass is 309 g/mol. The Balaban J connectivity index is 1.62. The molecule has 1 atom stereocenters. The second kappa shape index (κ2) is 7.25. The summed E-state index contributed by atoms with van der Waals surface area (Å²) in [5.74, 6) is 0.723. The molecule has 0 spiro atoms. The van der Waals surface area contributed by atoms with Crippen molar-refractivity contribution in [2.24, 2.45) is 5.73 Å². The summed E-state index contributed by atoms with van der Waals surface area (Å²) in [6.07, 6.45) is 0.757. The van der Waals surface area contributed by atoms with Gasteiger partial charge in [0.1, 0.15) is 11.6 Å². The number of nitrogens with two attached hydrogens (primary N) is 1. The molecule has 2 N–H and O–H groups in total. The highest BCUT2D eigenvalue weighted by atomic mass is 19.1. The number of hydrogen-bond acceptors (Lipinski definition) is 2. The summed E-state index contributed by atoms with van der Waals surface area (Å²) >= 11 is 0. The van der Waals surface area contributed by atoms with Gasteiger partial charge < -0.3 is 10.5 Å². The zero-order valence-corrected chi connectivity index (χ0v) is 12.9. The molecule has 0 aliphatic heterocycles. The fourth-order valence-electron chi connectivity index (χ4n) is 2.76. The van der Waals surface area contributed by atoms with Crippen molar-refractivity contribution in [3.05, 3.63) is 78.1 Å². The van der Waals surface area contributed by atoms with Crippen LogP contribution in [0.25, 0.3) is 10.8 Å². The maximum atomic E-state index is 13.3. The Morgan fingerprint density at radius 1 is 0.913 bits per heavy atom. The lowest BCUT2D eigenvalue weighted by Crippen LogP contribution is -2.15. The quantitative estimate of drug-likeness (QED) is 0.728. The molecule has 0 aliphatic carbocycles. The second-order valence-corrected chi connectivity index (χ2v) is 5.63. The fraction of sp³-hybridized carbons (Fsp3) is 0.200. The summed E-state index contributed by atoms with van der Waals surface area (Å²) in [4.78, 5) is 0. The number of rotatable bonds is 6. The molecule has 0 heterocycles. The molecule has 23 heavy (non-hydrogen) atoms. The molecule has 118 valence electrons. The lowest BCUT2D eigenvalue weighted by atomic mass is 9.96. The first-order valence-electron chi connectivity index (χ1n) is 7.83. The van der Waals surface area contributed by atoms with Crippen molar-refractivity contribution < 1.29 is 9.13 Å². The van der Waals surface area contributed by atoms with Crippen LogP contribution in [0, 0.1) is 5.82 Å². The Bertz CT molecular complexity index is 787. The van der Waals surface area contributed by atoms with Crippen LogP contribution in [0.3, 0.4) is 0 Å². The smallest absolute Gasteiger partial charge is 0.123 e. The largest absolute Gasteiger partial charge is 0.494 e. The Morgan fingerprint density at radius 2 is 1.74 bits per heavy atom. The molecule has 3 heteroatoms. The van der Waals surface area contributed by atoms with Crippen LogP contribution in [0.4, 0.5) is 4.39 Å². The summed E-state index contributed by atoms with van der Waals surface area (Å²) in [6.45, 7) is 1.03. The average Bonchev–Trinajstić information content (AvgIpc) is 2.58. The van der Waals surface area contributed by atoms with Gasteiger partial charge in [-0.2, -0.15) is 0 Å². The topological polar surface area (TPSA) is 35.2 Å². The van der Waals surface area contributed by atoms with Crippen LogP contribution >= 0.6 is 0 Å². The highest BCUT2D eigenvalue weighted by Gasteiger charge is 2.10. The van der Waals surface area contributed by atoms with Crippen molar-refractivity contribution in [3.8, 4) is 5.75 Å². The van der Waals surface area contributed by atoms with Crippen molar-refractivity contribution in [2.75, 3.05) is 13.2 Å².